The predicted molar refractivity (Wildman–Crippen MR) is 72.7 cm³/mol. The van der Waals surface area contributed by atoms with Crippen LogP contribution >= 0.6 is 0 Å². The van der Waals surface area contributed by atoms with Crippen LogP contribution in [-0.2, 0) is 0 Å². The van der Waals surface area contributed by atoms with Gasteiger partial charge in [0, 0.05) is 18.7 Å². The fraction of sp³-hybridized carbons (Fsp3) is 0.600. The molecule has 0 bridgehead atoms. The van der Waals surface area contributed by atoms with Crippen LogP contribution in [0, 0.1) is 17.6 Å². The summed E-state index contributed by atoms with van der Waals surface area (Å²) >= 11 is 0. The zero-order valence-corrected chi connectivity index (χ0v) is 11.4. The fourth-order valence-electron chi connectivity index (χ4n) is 2.76. The topological polar surface area (TPSA) is 29.3 Å². The van der Waals surface area contributed by atoms with Crippen molar-refractivity contribution in [2.45, 2.75) is 32.2 Å². The van der Waals surface area contributed by atoms with Crippen molar-refractivity contribution in [2.24, 2.45) is 11.7 Å². The highest BCUT2D eigenvalue weighted by Crippen LogP contribution is 2.31. The van der Waals surface area contributed by atoms with Gasteiger partial charge in [-0.2, -0.15) is 0 Å². The van der Waals surface area contributed by atoms with Crippen molar-refractivity contribution in [2.75, 3.05) is 19.6 Å². The lowest BCUT2D eigenvalue weighted by Gasteiger charge is -2.36. The second-order valence-electron chi connectivity index (χ2n) is 5.27. The summed E-state index contributed by atoms with van der Waals surface area (Å²) in [7, 11) is 0. The number of hydrogen-bond donors (Lipinski definition) is 1. The molecule has 0 spiro atoms. The molecule has 1 fully saturated rings. The van der Waals surface area contributed by atoms with Gasteiger partial charge < -0.3 is 5.73 Å². The minimum absolute atomic E-state index is 0.117. The Morgan fingerprint density at radius 3 is 2.37 bits per heavy atom. The van der Waals surface area contributed by atoms with Crippen LogP contribution in [-0.4, -0.2) is 24.5 Å². The molecule has 19 heavy (non-hydrogen) atoms. The third-order valence-corrected chi connectivity index (χ3v) is 4.12. The van der Waals surface area contributed by atoms with Crippen LogP contribution in [0.1, 0.15) is 37.8 Å². The van der Waals surface area contributed by atoms with E-state index in [4.69, 9.17) is 5.73 Å². The summed E-state index contributed by atoms with van der Waals surface area (Å²) in [4.78, 5) is 2.10. The molecule has 0 aromatic heterocycles. The molecule has 106 valence electrons. The van der Waals surface area contributed by atoms with E-state index >= 15 is 0 Å². The lowest BCUT2D eigenvalue weighted by Crippen LogP contribution is -2.39. The van der Waals surface area contributed by atoms with Gasteiger partial charge in [-0.15, -0.1) is 0 Å². The van der Waals surface area contributed by atoms with Gasteiger partial charge in [0.1, 0.15) is 11.6 Å². The lowest BCUT2D eigenvalue weighted by molar-refractivity contribution is 0.137. The number of nitrogens with zero attached hydrogens (tertiary/aromatic N) is 1. The SMILES string of the molecule is CCN(CC1CCC1)C(CN)c1c(F)cccc1F. The maximum atomic E-state index is 13.9. The number of benzene rings is 1. The normalized spacial score (nSPS) is 17.5. The van der Waals surface area contributed by atoms with Crippen LogP contribution in [0.15, 0.2) is 18.2 Å². The monoisotopic (exact) mass is 268 g/mol. The molecule has 2 rings (SSSR count). The van der Waals surface area contributed by atoms with Crippen molar-refractivity contribution in [3.05, 3.63) is 35.4 Å². The zero-order chi connectivity index (χ0) is 13.8. The molecule has 1 unspecified atom stereocenters. The van der Waals surface area contributed by atoms with Crippen LogP contribution < -0.4 is 5.73 Å². The summed E-state index contributed by atoms with van der Waals surface area (Å²) in [6, 6.07) is 3.63. The van der Waals surface area contributed by atoms with Gasteiger partial charge >= 0.3 is 0 Å². The summed E-state index contributed by atoms with van der Waals surface area (Å²) in [5, 5.41) is 0. The maximum Gasteiger partial charge on any atom is 0.130 e. The molecule has 0 aliphatic heterocycles. The first-order valence-electron chi connectivity index (χ1n) is 7.05. The Morgan fingerprint density at radius 2 is 1.95 bits per heavy atom. The number of halogens is 2. The van der Waals surface area contributed by atoms with Gasteiger partial charge in [0.15, 0.2) is 0 Å². The molecule has 1 aliphatic rings. The number of nitrogens with two attached hydrogens (primary N) is 1. The van der Waals surface area contributed by atoms with Crippen LogP contribution in [0.4, 0.5) is 8.78 Å². The number of likely N-dealkylation sites (N-methyl/N-ethyl adjacent to an activating group) is 1. The maximum absolute atomic E-state index is 13.9. The lowest BCUT2D eigenvalue weighted by atomic mass is 9.84. The van der Waals surface area contributed by atoms with Crippen molar-refractivity contribution in [1.82, 2.24) is 4.90 Å². The third-order valence-electron chi connectivity index (χ3n) is 4.12. The number of hydrogen-bond acceptors (Lipinski definition) is 2. The molecule has 1 aromatic rings. The molecule has 1 aromatic carbocycles. The van der Waals surface area contributed by atoms with Gasteiger partial charge in [0.05, 0.1) is 6.04 Å². The first kappa shape index (κ1) is 14.4. The van der Waals surface area contributed by atoms with Gasteiger partial charge in [-0.1, -0.05) is 19.4 Å². The highest BCUT2D eigenvalue weighted by Gasteiger charge is 2.28. The van der Waals surface area contributed by atoms with Crippen LogP contribution in [0.3, 0.4) is 0 Å². The van der Waals surface area contributed by atoms with E-state index < -0.39 is 11.6 Å². The van der Waals surface area contributed by atoms with Crippen LogP contribution in [0.2, 0.25) is 0 Å². The van der Waals surface area contributed by atoms with E-state index in [0.717, 1.165) is 13.1 Å². The number of rotatable bonds is 6. The highest BCUT2D eigenvalue weighted by molar-refractivity contribution is 5.24. The van der Waals surface area contributed by atoms with E-state index in [1.54, 1.807) is 0 Å². The molecule has 2 nitrogen and oxygen atoms in total. The van der Waals surface area contributed by atoms with Crippen molar-refractivity contribution < 1.29 is 8.78 Å². The Kier molecular flexibility index (Phi) is 4.88. The summed E-state index contributed by atoms with van der Waals surface area (Å²) in [6.07, 6.45) is 3.70. The van der Waals surface area contributed by atoms with Crippen molar-refractivity contribution >= 4 is 0 Å². The summed E-state index contributed by atoms with van der Waals surface area (Å²) < 4.78 is 27.8. The minimum Gasteiger partial charge on any atom is -0.329 e. The second kappa shape index (κ2) is 6.44. The summed E-state index contributed by atoms with van der Waals surface area (Å²) in [6.45, 7) is 3.89. The van der Waals surface area contributed by atoms with Crippen molar-refractivity contribution in [3.8, 4) is 0 Å². The average Bonchev–Trinajstić information content (AvgIpc) is 2.34. The van der Waals surface area contributed by atoms with Gasteiger partial charge in [-0.3, -0.25) is 4.90 Å². The van der Waals surface area contributed by atoms with Crippen molar-refractivity contribution in [1.29, 1.82) is 0 Å². The Morgan fingerprint density at radius 1 is 1.32 bits per heavy atom. The van der Waals surface area contributed by atoms with E-state index in [1.807, 2.05) is 6.92 Å². The second-order valence-corrected chi connectivity index (χ2v) is 5.27. The van der Waals surface area contributed by atoms with E-state index in [0.29, 0.717) is 5.92 Å². The third kappa shape index (κ3) is 3.12. The fourth-order valence-corrected chi connectivity index (χ4v) is 2.76. The first-order chi connectivity index (χ1) is 9.17. The molecule has 1 saturated carbocycles. The molecular formula is C15H22F2N2. The molecule has 0 heterocycles. The zero-order valence-electron chi connectivity index (χ0n) is 11.4. The molecule has 1 atom stereocenters. The molecule has 4 heteroatoms. The molecule has 0 radical (unpaired) electrons. The first-order valence-corrected chi connectivity index (χ1v) is 7.05. The highest BCUT2D eigenvalue weighted by atomic mass is 19.1. The Balaban J connectivity index is 2.20. The van der Waals surface area contributed by atoms with Gasteiger partial charge in [0.25, 0.3) is 0 Å². The van der Waals surface area contributed by atoms with Gasteiger partial charge in [-0.25, -0.2) is 8.78 Å². The summed E-state index contributed by atoms with van der Waals surface area (Å²) in [5.74, 6) is -0.339. The standard InChI is InChI=1S/C15H22F2N2/c1-2-19(10-11-5-3-6-11)14(9-18)15-12(16)7-4-8-13(15)17/h4,7-8,11,14H,2-3,5-6,9-10,18H2,1H3. The Bertz CT molecular complexity index is 398. The smallest absolute Gasteiger partial charge is 0.130 e. The van der Waals surface area contributed by atoms with E-state index in [-0.39, 0.29) is 18.2 Å². The Hall–Kier alpha value is -1.00. The van der Waals surface area contributed by atoms with Crippen LogP contribution in [0.5, 0.6) is 0 Å². The van der Waals surface area contributed by atoms with E-state index in [2.05, 4.69) is 4.90 Å². The Labute approximate surface area is 113 Å². The van der Waals surface area contributed by atoms with E-state index in [1.165, 1.54) is 37.5 Å². The largest absolute Gasteiger partial charge is 0.329 e. The average molecular weight is 268 g/mol. The van der Waals surface area contributed by atoms with Gasteiger partial charge in [0.2, 0.25) is 0 Å². The van der Waals surface area contributed by atoms with Crippen molar-refractivity contribution in [3.63, 3.8) is 0 Å². The van der Waals surface area contributed by atoms with E-state index in [9.17, 15) is 8.78 Å². The molecular weight excluding hydrogens is 246 g/mol. The molecule has 0 amide bonds. The molecule has 0 saturated heterocycles. The van der Waals surface area contributed by atoms with Gasteiger partial charge in [-0.05, 0) is 37.4 Å². The molecule has 2 N–H and O–H groups in total. The minimum atomic E-state index is -0.498. The van der Waals surface area contributed by atoms with Crippen LogP contribution in [0.25, 0.3) is 0 Å². The predicted octanol–water partition coefficient (Wildman–Crippen LogP) is 3.09. The molecule has 1 aliphatic carbocycles. The summed E-state index contributed by atoms with van der Waals surface area (Å²) in [5.41, 5.74) is 5.90. The quantitative estimate of drug-likeness (QED) is 0.859.